The minimum atomic E-state index is -1.35. The van der Waals surface area contributed by atoms with Crippen LogP contribution < -0.4 is 10.5 Å². The lowest BCUT2D eigenvalue weighted by atomic mass is 9.94. The van der Waals surface area contributed by atoms with Gasteiger partial charge in [0, 0.05) is 36.0 Å². The van der Waals surface area contributed by atoms with Gasteiger partial charge in [-0.25, -0.2) is 4.79 Å². The van der Waals surface area contributed by atoms with E-state index >= 15 is 0 Å². The van der Waals surface area contributed by atoms with E-state index in [9.17, 15) is 15.0 Å². The molecule has 0 aliphatic carbocycles. The van der Waals surface area contributed by atoms with Crippen molar-refractivity contribution >= 4 is 16.9 Å². The molecule has 0 spiro atoms. The molecule has 1 aromatic carbocycles. The number of aliphatic hydroxyl groups is 2. The quantitative estimate of drug-likeness (QED) is 0.676. The van der Waals surface area contributed by atoms with Gasteiger partial charge in [-0.3, -0.25) is 0 Å². The van der Waals surface area contributed by atoms with Gasteiger partial charge in [-0.05, 0) is 55.5 Å². The molecule has 3 heterocycles. The van der Waals surface area contributed by atoms with E-state index in [0.29, 0.717) is 11.5 Å². The fraction of sp³-hybridized carbons (Fsp3) is 0.364. The topological polar surface area (TPSA) is 86.8 Å². The summed E-state index contributed by atoms with van der Waals surface area (Å²) in [6, 6.07) is 11.5. The van der Waals surface area contributed by atoms with Crippen LogP contribution >= 0.6 is 0 Å². The number of aliphatic hydroxyl groups excluding tert-OH is 1. The first-order valence-corrected chi connectivity index (χ1v) is 9.58. The molecule has 1 aliphatic rings. The van der Waals surface area contributed by atoms with Crippen LogP contribution in [-0.4, -0.2) is 34.1 Å². The van der Waals surface area contributed by atoms with Crippen molar-refractivity contribution in [2.24, 2.45) is 0 Å². The first kappa shape index (κ1) is 18.7. The summed E-state index contributed by atoms with van der Waals surface area (Å²) in [7, 11) is 0. The van der Waals surface area contributed by atoms with Crippen molar-refractivity contribution in [2.75, 3.05) is 11.4 Å². The van der Waals surface area contributed by atoms with E-state index in [-0.39, 0.29) is 12.5 Å². The second-order valence-corrected chi connectivity index (χ2v) is 7.47. The standard InChI is InChI=1S/C22H24N2O4/c1-13-5-3-6-14(2)21(13)17-12-20(27)28-22-16(17)8-9-18(23-22)24-10-4-7-15(24)11-19(25)26/h3,5-6,8-9,12,15,19,25-26H,4,7,10-11H2,1-2H3. The fourth-order valence-corrected chi connectivity index (χ4v) is 4.27. The Morgan fingerprint density at radius 3 is 2.68 bits per heavy atom. The molecule has 2 N–H and O–H groups in total. The molecule has 0 bridgehead atoms. The van der Waals surface area contributed by atoms with Crippen molar-refractivity contribution in [1.82, 2.24) is 4.98 Å². The molecule has 146 valence electrons. The summed E-state index contributed by atoms with van der Waals surface area (Å²) in [6.45, 7) is 4.84. The van der Waals surface area contributed by atoms with Crippen LogP contribution in [-0.2, 0) is 0 Å². The van der Waals surface area contributed by atoms with Crippen molar-refractivity contribution in [3.8, 4) is 11.1 Å². The van der Waals surface area contributed by atoms with Crippen LogP contribution in [0, 0.1) is 13.8 Å². The third-order valence-electron chi connectivity index (χ3n) is 5.50. The zero-order chi connectivity index (χ0) is 19.8. The molecule has 3 aromatic rings. The molecule has 0 amide bonds. The molecule has 6 heteroatoms. The Kier molecular flexibility index (Phi) is 4.91. The van der Waals surface area contributed by atoms with Crippen molar-refractivity contribution in [3.05, 3.63) is 57.9 Å². The lowest BCUT2D eigenvalue weighted by Crippen LogP contribution is -2.33. The number of pyridine rings is 1. The summed E-state index contributed by atoms with van der Waals surface area (Å²) in [5.74, 6) is 0.692. The van der Waals surface area contributed by atoms with Crippen LogP contribution in [0.4, 0.5) is 5.82 Å². The smallest absolute Gasteiger partial charge is 0.338 e. The summed E-state index contributed by atoms with van der Waals surface area (Å²) < 4.78 is 5.43. The van der Waals surface area contributed by atoms with E-state index in [1.807, 2.05) is 44.2 Å². The van der Waals surface area contributed by atoms with Gasteiger partial charge >= 0.3 is 5.63 Å². The normalized spacial score (nSPS) is 17.0. The maximum absolute atomic E-state index is 12.3. The van der Waals surface area contributed by atoms with E-state index in [1.54, 1.807) is 0 Å². The van der Waals surface area contributed by atoms with Crippen LogP contribution in [0.15, 0.2) is 45.6 Å². The van der Waals surface area contributed by atoms with Crippen LogP contribution in [0.5, 0.6) is 0 Å². The maximum Gasteiger partial charge on any atom is 0.338 e. The molecule has 1 aliphatic heterocycles. The predicted molar refractivity (Wildman–Crippen MR) is 108 cm³/mol. The minimum absolute atomic E-state index is 0.0125. The number of rotatable bonds is 4. The van der Waals surface area contributed by atoms with Crippen molar-refractivity contribution < 1.29 is 14.6 Å². The molecule has 1 unspecified atom stereocenters. The molecular weight excluding hydrogens is 356 g/mol. The highest BCUT2D eigenvalue weighted by Crippen LogP contribution is 2.34. The minimum Gasteiger partial charge on any atom is -0.404 e. The van der Waals surface area contributed by atoms with E-state index in [0.717, 1.165) is 47.0 Å². The molecular formula is C22H24N2O4. The highest BCUT2D eigenvalue weighted by Gasteiger charge is 2.27. The second-order valence-electron chi connectivity index (χ2n) is 7.47. The first-order chi connectivity index (χ1) is 13.4. The lowest BCUT2D eigenvalue weighted by molar-refractivity contribution is -0.0489. The Morgan fingerprint density at radius 2 is 1.96 bits per heavy atom. The molecule has 6 nitrogen and oxygen atoms in total. The van der Waals surface area contributed by atoms with Gasteiger partial charge < -0.3 is 19.5 Å². The molecule has 0 radical (unpaired) electrons. The van der Waals surface area contributed by atoms with Gasteiger partial charge in [-0.2, -0.15) is 4.98 Å². The van der Waals surface area contributed by atoms with E-state index in [1.165, 1.54) is 6.07 Å². The molecule has 1 fully saturated rings. The number of nitrogens with zero attached hydrogens (tertiary/aromatic N) is 2. The predicted octanol–water partition coefficient (Wildman–Crippen LogP) is 3.14. The largest absolute Gasteiger partial charge is 0.404 e. The molecule has 4 rings (SSSR count). The molecule has 28 heavy (non-hydrogen) atoms. The van der Waals surface area contributed by atoms with Crippen molar-refractivity contribution in [2.45, 2.75) is 45.4 Å². The number of hydrogen-bond donors (Lipinski definition) is 2. The second kappa shape index (κ2) is 7.37. The average molecular weight is 380 g/mol. The average Bonchev–Trinajstić information content (AvgIpc) is 3.08. The Hall–Kier alpha value is -2.70. The van der Waals surface area contributed by atoms with Gasteiger partial charge in [0.25, 0.3) is 0 Å². The summed E-state index contributed by atoms with van der Waals surface area (Å²) in [5, 5.41) is 19.5. The monoisotopic (exact) mass is 380 g/mol. The Morgan fingerprint density at radius 1 is 1.21 bits per heavy atom. The van der Waals surface area contributed by atoms with E-state index in [4.69, 9.17) is 4.42 Å². The number of aryl methyl sites for hydroxylation is 2. The van der Waals surface area contributed by atoms with Crippen molar-refractivity contribution in [3.63, 3.8) is 0 Å². The Labute approximate surface area is 163 Å². The third-order valence-corrected chi connectivity index (χ3v) is 5.50. The van der Waals surface area contributed by atoms with Crippen LogP contribution in [0.2, 0.25) is 0 Å². The lowest BCUT2D eigenvalue weighted by Gasteiger charge is -2.26. The number of anilines is 1. The van der Waals surface area contributed by atoms with Crippen LogP contribution in [0.25, 0.3) is 22.2 Å². The number of benzene rings is 1. The summed E-state index contributed by atoms with van der Waals surface area (Å²) in [6.07, 6.45) is 0.763. The fourth-order valence-electron chi connectivity index (χ4n) is 4.27. The zero-order valence-corrected chi connectivity index (χ0v) is 16.1. The number of aromatic nitrogens is 1. The van der Waals surface area contributed by atoms with Gasteiger partial charge in [0.2, 0.25) is 5.71 Å². The first-order valence-electron chi connectivity index (χ1n) is 9.58. The van der Waals surface area contributed by atoms with Gasteiger partial charge in [0.1, 0.15) is 5.82 Å². The Bertz CT molecular complexity index is 1050. The molecule has 2 aromatic heterocycles. The van der Waals surface area contributed by atoms with E-state index in [2.05, 4.69) is 9.88 Å². The van der Waals surface area contributed by atoms with E-state index < -0.39 is 11.9 Å². The maximum atomic E-state index is 12.3. The number of fused-ring (bicyclic) bond motifs is 1. The number of hydrogen-bond acceptors (Lipinski definition) is 6. The summed E-state index contributed by atoms with van der Waals surface area (Å²) in [4.78, 5) is 18.9. The summed E-state index contributed by atoms with van der Waals surface area (Å²) in [5.41, 5.74) is 3.90. The molecule has 1 atom stereocenters. The van der Waals surface area contributed by atoms with Gasteiger partial charge in [0.05, 0.1) is 0 Å². The summed E-state index contributed by atoms with van der Waals surface area (Å²) >= 11 is 0. The highest BCUT2D eigenvalue weighted by atomic mass is 16.5. The molecule has 1 saturated heterocycles. The highest BCUT2D eigenvalue weighted by molar-refractivity contribution is 5.94. The van der Waals surface area contributed by atoms with Gasteiger partial charge in [-0.1, -0.05) is 18.2 Å². The zero-order valence-electron chi connectivity index (χ0n) is 16.1. The Balaban J connectivity index is 1.83. The third kappa shape index (κ3) is 3.41. The van der Waals surface area contributed by atoms with Gasteiger partial charge in [-0.15, -0.1) is 0 Å². The van der Waals surface area contributed by atoms with Crippen LogP contribution in [0.3, 0.4) is 0 Å². The molecule has 0 saturated carbocycles. The van der Waals surface area contributed by atoms with Gasteiger partial charge in [0.15, 0.2) is 6.29 Å². The SMILES string of the molecule is Cc1cccc(C)c1-c1cc(=O)oc2nc(N3CCCC3CC(O)O)ccc12. The van der Waals surface area contributed by atoms with Crippen molar-refractivity contribution in [1.29, 1.82) is 0 Å². The van der Waals surface area contributed by atoms with Crippen LogP contribution in [0.1, 0.15) is 30.4 Å².